The highest BCUT2D eigenvalue weighted by molar-refractivity contribution is 7.00. The first-order valence-corrected chi connectivity index (χ1v) is 19.3. The Labute approximate surface area is 315 Å². The van der Waals surface area contributed by atoms with Gasteiger partial charge in [-0.2, -0.15) is 8.75 Å². The van der Waals surface area contributed by atoms with Crippen LogP contribution >= 0.6 is 11.7 Å². The van der Waals surface area contributed by atoms with Crippen molar-refractivity contribution < 1.29 is 0 Å². The van der Waals surface area contributed by atoms with E-state index in [4.69, 9.17) is 8.75 Å². The van der Waals surface area contributed by atoms with E-state index in [1.165, 1.54) is 77.6 Å². The van der Waals surface area contributed by atoms with Gasteiger partial charge < -0.3 is 9.13 Å². The van der Waals surface area contributed by atoms with Crippen LogP contribution in [0.1, 0.15) is 25.0 Å². The van der Waals surface area contributed by atoms with Gasteiger partial charge in [-0.1, -0.05) is 141 Å². The molecule has 0 bridgehead atoms. The number of rotatable bonds is 3. The molecule has 0 aliphatic heterocycles. The van der Waals surface area contributed by atoms with Gasteiger partial charge in [0.15, 0.2) is 0 Å². The van der Waals surface area contributed by atoms with Gasteiger partial charge in [0.05, 0.1) is 45.2 Å². The zero-order chi connectivity index (χ0) is 35.7. The molecule has 254 valence electrons. The predicted molar refractivity (Wildman–Crippen MR) is 227 cm³/mol. The fraction of sp³-hybridized carbons (Fsp3) is 0.0612. The fourth-order valence-corrected chi connectivity index (χ4v) is 10.2. The summed E-state index contributed by atoms with van der Waals surface area (Å²) in [6.45, 7) is 4.71. The van der Waals surface area contributed by atoms with E-state index in [0.717, 1.165) is 44.3 Å². The SMILES string of the molecule is CC1(C)c2ccccc2-c2c(-n3c4ccccc4c4c5nsnc5c(-c5cccc6c7ccccc7n(-c7cccc8ccccc78)c56)cc43)cccc21. The summed E-state index contributed by atoms with van der Waals surface area (Å²) in [5, 5.41) is 7.20. The molecule has 11 aromatic rings. The Hall–Kier alpha value is -6.56. The Morgan fingerprint density at radius 2 is 1.07 bits per heavy atom. The molecule has 0 unspecified atom stereocenters. The van der Waals surface area contributed by atoms with Gasteiger partial charge in [-0.25, -0.2) is 0 Å². The number of hydrogen-bond donors (Lipinski definition) is 0. The molecular weight excluding hydrogens is 677 g/mol. The second-order valence-electron chi connectivity index (χ2n) is 15.1. The lowest BCUT2D eigenvalue weighted by Crippen LogP contribution is -2.14. The highest BCUT2D eigenvalue weighted by Gasteiger charge is 2.37. The number of para-hydroxylation sites is 3. The van der Waals surface area contributed by atoms with Crippen LogP contribution in [0.4, 0.5) is 0 Å². The van der Waals surface area contributed by atoms with Crippen molar-refractivity contribution in [2.24, 2.45) is 0 Å². The minimum absolute atomic E-state index is 0.109. The molecule has 0 amide bonds. The molecule has 5 heteroatoms. The third-order valence-electron chi connectivity index (χ3n) is 12.0. The zero-order valence-corrected chi connectivity index (χ0v) is 30.5. The van der Waals surface area contributed by atoms with Crippen LogP contribution in [0, 0.1) is 0 Å². The summed E-state index contributed by atoms with van der Waals surface area (Å²) in [6.07, 6.45) is 0. The van der Waals surface area contributed by atoms with Crippen molar-refractivity contribution in [2.75, 3.05) is 0 Å². The number of aromatic nitrogens is 4. The summed E-state index contributed by atoms with van der Waals surface area (Å²) in [4.78, 5) is 0. The van der Waals surface area contributed by atoms with E-state index in [9.17, 15) is 0 Å². The number of benzene rings is 8. The highest BCUT2D eigenvalue weighted by Crippen LogP contribution is 2.52. The largest absolute Gasteiger partial charge is 0.309 e. The molecule has 4 nitrogen and oxygen atoms in total. The molecule has 3 aromatic heterocycles. The van der Waals surface area contributed by atoms with Crippen LogP contribution in [0.2, 0.25) is 0 Å². The standard InChI is InChI=1S/C49H32N4S/c1-49(2)37-22-8-5-18-34(37)44-38(49)23-13-27-42(44)52-41-25-10-7-19-35(41)45-43(52)28-36(46-47(45)51-54-50-46)33-21-12-20-32-31-17-6-9-24-40(31)53(48(32)33)39-26-11-15-29-14-3-4-16-30(29)39/h3-28H,1-2H3. The zero-order valence-electron chi connectivity index (χ0n) is 29.7. The number of hydrogen-bond acceptors (Lipinski definition) is 3. The molecule has 12 rings (SSSR count). The summed E-state index contributed by atoms with van der Waals surface area (Å²) < 4.78 is 15.1. The molecule has 0 saturated heterocycles. The molecule has 0 saturated carbocycles. The second kappa shape index (κ2) is 10.8. The Balaban J connectivity index is 1.24. The second-order valence-corrected chi connectivity index (χ2v) is 15.6. The van der Waals surface area contributed by atoms with E-state index in [1.54, 1.807) is 0 Å². The van der Waals surface area contributed by atoms with Crippen molar-refractivity contribution in [3.63, 3.8) is 0 Å². The van der Waals surface area contributed by atoms with Gasteiger partial charge in [-0.3, -0.25) is 0 Å². The molecule has 8 aromatic carbocycles. The summed E-state index contributed by atoms with van der Waals surface area (Å²) in [5.74, 6) is 0. The van der Waals surface area contributed by atoms with E-state index < -0.39 is 0 Å². The average molecular weight is 709 g/mol. The third kappa shape index (κ3) is 3.81. The molecule has 1 aliphatic carbocycles. The van der Waals surface area contributed by atoms with Crippen molar-refractivity contribution in [1.29, 1.82) is 0 Å². The molecule has 0 spiro atoms. The molecule has 0 radical (unpaired) electrons. The van der Waals surface area contributed by atoms with E-state index in [1.807, 2.05) is 0 Å². The van der Waals surface area contributed by atoms with Crippen LogP contribution in [0.25, 0.3) is 99.0 Å². The van der Waals surface area contributed by atoms with Crippen LogP contribution in [0.5, 0.6) is 0 Å². The molecular formula is C49H32N4S. The Kier molecular flexibility index (Phi) is 5.96. The fourth-order valence-electron chi connectivity index (χ4n) is 9.66. The van der Waals surface area contributed by atoms with E-state index in [0.29, 0.717) is 0 Å². The summed E-state index contributed by atoms with van der Waals surface area (Å²) in [5.41, 5.74) is 16.3. The number of fused-ring (bicyclic) bond motifs is 12. The van der Waals surface area contributed by atoms with Gasteiger partial charge in [-0.05, 0) is 52.4 Å². The monoisotopic (exact) mass is 708 g/mol. The van der Waals surface area contributed by atoms with Gasteiger partial charge in [0.1, 0.15) is 11.0 Å². The van der Waals surface area contributed by atoms with Gasteiger partial charge >= 0.3 is 0 Å². The normalized spacial score (nSPS) is 13.5. The first-order chi connectivity index (χ1) is 26.6. The molecule has 3 heterocycles. The molecule has 0 fully saturated rings. The predicted octanol–water partition coefficient (Wildman–Crippen LogP) is 13.0. The van der Waals surface area contributed by atoms with Crippen molar-refractivity contribution in [1.82, 2.24) is 17.9 Å². The quantitative estimate of drug-likeness (QED) is 0.183. The summed E-state index contributed by atoms with van der Waals surface area (Å²) >= 11 is 1.30. The van der Waals surface area contributed by atoms with Crippen LogP contribution in [0.15, 0.2) is 158 Å². The van der Waals surface area contributed by atoms with E-state index >= 15 is 0 Å². The van der Waals surface area contributed by atoms with Crippen LogP contribution < -0.4 is 0 Å². The lowest BCUT2D eigenvalue weighted by Gasteiger charge is -2.22. The minimum atomic E-state index is -0.109. The lowest BCUT2D eigenvalue weighted by molar-refractivity contribution is 0.660. The van der Waals surface area contributed by atoms with Crippen molar-refractivity contribution in [3.8, 4) is 33.6 Å². The van der Waals surface area contributed by atoms with Crippen LogP contribution in [-0.2, 0) is 5.41 Å². The van der Waals surface area contributed by atoms with Gasteiger partial charge in [0.25, 0.3) is 0 Å². The molecule has 54 heavy (non-hydrogen) atoms. The van der Waals surface area contributed by atoms with Gasteiger partial charge in [0.2, 0.25) is 0 Å². The summed E-state index contributed by atoms with van der Waals surface area (Å²) in [6, 6.07) is 57.8. The Morgan fingerprint density at radius 1 is 0.463 bits per heavy atom. The molecule has 0 atom stereocenters. The maximum absolute atomic E-state index is 5.08. The van der Waals surface area contributed by atoms with Crippen LogP contribution in [-0.4, -0.2) is 17.9 Å². The van der Waals surface area contributed by atoms with Gasteiger partial charge in [-0.15, -0.1) is 0 Å². The maximum atomic E-state index is 5.08. The van der Waals surface area contributed by atoms with Crippen molar-refractivity contribution in [3.05, 3.63) is 169 Å². The summed E-state index contributed by atoms with van der Waals surface area (Å²) in [7, 11) is 0. The first kappa shape index (κ1) is 30.0. The highest BCUT2D eigenvalue weighted by atomic mass is 32.1. The Morgan fingerprint density at radius 3 is 1.96 bits per heavy atom. The first-order valence-electron chi connectivity index (χ1n) is 18.5. The van der Waals surface area contributed by atoms with E-state index in [2.05, 4.69) is 181 Å². The van der Waals surface area contributed by atoms with E-state index in [-0.39, 0.29) is 5.41 Å². The average Bonchev–Trinajstić information content (AvgIpc) is 3.97. The topological polar surface area (TPSA) is 35.6 Å². The molecule has 0 N–H and O–H groups in total. The van der Waals surface area contributed by atoms with Gasteiger partial charge in [0, 0.05) is 49.0 Å². The smallest absolute Gasteiger partial charge is 0.115 e. The minimum Gasteiger partial charge on any atom is -0.309 e. The Bertz CT molecular complexity index is 3370. The molecule has 1 aliphatic rings. The van der Waals surface area contributed by atoms with Crippen molar-refractivity contribution in [2.45, 2.75) is 19.3 Å². The van der Waals surface area contributed by atoms with Crippen molar-refractivity contribution >= 4 is 77.1 Å². The third-order valence-corrected chi connectivity index (χ3v) is 12.5. The number of nitrogens with zero attached hydrogens (tertiary/aromatic N) is 4. The lowest BCUT2D eigenvalue weighted by atomic mass is 9.82. The maximum Gasteiger partial charge on any atom is 0.115 e. The van der Waals surface area contributed by atoms with Crippen LogP contribution in [0.3, 0.4) is 0 Å².